The molecule has 254 valence electrons. The van der Waals surface area contributed by atoms with Crippen LogP contribution in [0.5, 0.6) is 11.5 Å². The average molecular weight is 631 g/mol. The molecule has 0 fully saturated rings. The van der Waals surface area contributed by atoms with Crippen molar-refractivity contribution in [2.75, 3.05) is 6.61 Å². The van der Waals surface area contributed by atoms with E-state index in [9.17, 15) is 4.79 Å². The monoisotopic (exact) mass is 630 g/mol. The van der Waals surface area contributed by atoms with Crippen LogP contribution in [-0.2, 0) is 11.3 Å². The minimum absolute atomic E-state index is 0.0585. The van der Waals surface area contributed by atoms with Crippen molar-refractivity contribution >= 4 is 16.7 Å². The molecule has 0 unspecified atom stereocenters. The van der Waals surface area contributed by atoms with Gasteiger partial charge in [0, 0.05) is 0 Å². The van der Waals surface area contributed by atoms with Crippen LogP contribution in [0.2, 0.25) is 0 Å². The van der Waals surface area contributed by atoms with E-state index in [1.54, 1.807) is 0 Å². The number of hydrogen-bond acceptors (Lipinski definition) is 4. The first-order valence-electron chi connectivity index (χ1n) is 18.7. The third-order valence-corrected chi connectivity index (χ3v) is 8.92. The number of rotatable bonds is 26. The van der Waals surface area contributed by atoms with E-state index in [1.807, 2.05) is 37.3 Å². The van der Waals surface area contributed by atoms with Gasteiger partial charge in [-0.25, -0.2) is 4.79 Å². The number of hydrogen-bond donors (Lipinski definition) is 0. The number of benzene rings is 3. The second-order valence-corrected chi connectivity index (χ2v) is 13.2. The summed E-state index contributed by atoms with van der Waals surface area (Å²) in [4.78, 5) is 12.5. The zero-order valence-electron chi connectivity index (χ0n) is 29.3. The van der Waals surface area contributed by atoms with E-state index in [-0.39, 0.29) is 12.1 Å². The number of esters is 1. The first kappa shape index (κ1) is 37.4. The Labute approximate surface area is 280 Å². The van der Waals surface area contributed by atoms with Crippen LogP contribution in [0.1, 0.15) is 159 Å². The maximum atomic E-state index is 12.5. The topological polar surface area (TPSA) is 44.8 Å². The van der Waals surface area contributed by atoms with Crippen LogP contribution >= 0.6 is 0 Å². The van der Waals surface area contributed by atoms with Crippen molar-refractivity contribution in [2.45, 2.75) is 155 Å². The van der Waals surface area contributed by atoms with Crippen LogP contribution in [-0.4, -0.2) is 18.7 Å². The number of carbonyl (C=O) groups is 1. The second kappa shape index (κ2) is 23.3. The lowest BCUT2D eigenvalue weighted by atomic mass is 10.0. The van der Waals surface area contributed by atoms with Gasteiger partial charge in [-0.15, -0.1) is 0 Å². The summed E-state index contributed by atoms with van der Waals surface area (Å²) in [5.41, 5.74) is 1.59. The van der Waals surface area contributed by atoms with Gasteiger partial charge in [-0.1, -0.05) is 141 Å². The Morgan fingerprint density at radius 1 is 0.565 bits per heavy atom. The quantitative estimate of drug-likeness (QED) is 0.0654. The average Bonchev–Trinajstić information content (AvgIpc) is 3.07. The number of carbonyl (C=O) groups excluding carboxylic acids is 1. The summed E-state index contributed by atoms with van der Waals surface area (Å²) in [5.74, 6) is 1.50. The van der Waals surface area contributed by atoms with Gasteiger partial charge in [0.2, 0.25) is 0 Å². The first-order valence-corrected chi connectivity index (χ1v) is 18.7. The van der Waals surface area contributed by atoms with Crippen LogP contribution in [0.3, 0.4) is 0 Å². The normalized spacial score (nSPS) is 11.9. The maximum Gasteiger partial charge on any atom is 0.338 e. The number of fused-ring (bicyclic) bond motifs is 1. The third kappa shape index (κ3) is 15.5. The molecule has 3 aromatic carbocycles. The number of ether oxygens (including phenoxy) is 3. The summed E-state index contributed by atoms with van der Waals surface area (Å²) in [6.45, 7) is 7.68. The summed E-state index contributed by atoms with van der Waals surface area (Å²) in [6.07, 6.45) is 24.7. The van der Waals surface area contributed by atoms with Gasteiger partial charge in [0.15, 0.2) is 0 Å². The lowest BCUT2D eigenvalue weighted by molar-refractivity contribution is 0.0319. The Hall–Kier alpha value is -3.01. The number of unbranched alkanes of at least 4 members (excludes halogenated alkanes) is 16. The molecule has 4 nitrogen and oxygen atoms in total. The van der Waals surface area contributed by atoms with Crippen molar-refractivity contribution in [3.8, 4) is 11.5 Å². The molecule has 46 heavy (non-hydrogen) atoms. The van der Waals surface area contributed by atoms with Gasteiger partial charge in [-0.3, -0.25) is 0 Å². The van der Waals surface area contributed by atoms with Gasteiger partial charge >= 0.3 is 5.97 Å². The minimum atomic E-state index is -0.257. The Balaban J connectivity index is 1.28. The summed E-state index contributed by atoms with van der Waals surface area (Å²) in [7, 11) is 0. The van der Waals surface area contributed by atoms with Gasteiger partial charge in [-0.2, -0.15) is 0 Å². The zero-order chi connectivity index (χ0) is 32.7. The van der Waals surface area contributed by atoms with E-state index in [4.69, 9.17) is 14.2 Å². The molecule has 0 aliphatic rings. The van der Waals surface area contributed by atoms with Crippen LogP contribution < -0.4 is 9.47 Å². The summed E-state index contributed by atoms with van der Waals surface area (Å²) in [6, 6.07) is 20.0. The molecule has 0 N–H and O–H groups in total. The molecule has 0 aromatic heterocycles. The fourth-order valence-electron chi connectivity index (χ4n) is 5.94. The lowest BCUT2D eigenvalue weighted by Crippen LogP contribution is -2.15. The summed E-state index contributed by atoms with van der Waals surface area (Å²) < 4.78 is 17.8. The molecule has 0 heterocycles. The highest BCUT2D eigenvalue weighted by atomic mass is 16.5. The van der Waals surface area contributed by atoms with Gasteiger partial charge < -0.3 is 14.2 Å². The van der Waals surface area contributed by atoms with E-state index in [1.165, 1.54) is 103 Å². The first-order chi connectivity index (χ1) is 22.6. The van der Waals surface area contributed by atoms with E-state index < -0.39 is 0 Å². The molecule has 0 amide bonds. The molecular formula is C42H62O4. The fraction of sp³-hybridized carbons (Fsp3) is 0.595. The van der Waals surface area contributed by atoms with Crippen LogP contribution in [0.15, 0.2) is 60.7 Å². The van der Waals surface area contributed by atoms with E-state index in [0.717, 1.165) is 53.7 Å². The Morgan fingerprint density at radius 3 is 1.59 bits per heavy atom. The minimum Gasteiger partial charge on any atom is -0.494 e. The van der Waals surface area contributed by atoms with Crippen LogP contribution in [0, 0.1) is 0 Å². The van der Waals surface area contributed by atoms with Crippen molar-refractivity contribution in [3.05, 3.63) is 71.8 Å². The molecule has 3 aromatic rings. The molecule has 4 heteroatoms. The highest BCUT2D eigenvalue weighted by Gasteiger charge is 2.12. The SMILES string of the molecule is CCCCCCCCCCCCCCCCOc1ccc2cc(OCc3ccc(C(=O)O[C@H](C)CCCCCC)cc3)ccc2c1. The predicted octanol–water partition coefficient (Wildman–Crippen LogP) is 12.8. The van der Waals surface area contributed by atoms with Crippen molar-refractivity contribution < 1.29 is 19.0 Å². The van der Waals surface area contributed by atoms with Crippen molar-refractivity contribution in [1.29, 1.82) is 0 Å². The highest BCUT2D eigenvalue weighted by Crippen LogP contribution is 2.26. The molecule has 0 aliphatic heterocycles. The Kier molecular flexibility index (Phi) is 19.0. The fourth-order valence-corrected chi connectivity index (χ4v) is 5.94. The van der Waals surface area contributed by atoms with Crippen LogP contribution in [0.25, 0.3) is 10.8 Å². The van der Waals surface area contributed by atoms with E-state index in [0.29, 0.717) is 12.2 Å². The second-order valence-electron chi connectivity index (χ2n) is 13.2. The predicted molar refractivity (Wildman–Crippen MR) is 194 cm³/mol. The van der Waals surface area contributed by atoms with Crippen molar-refractivity contribution in [2.24, 2.45) is 0 Å². The third-order valence-electron chi connectivity index (χ3n) is 8.92. The largest absolute Gasteiger partial charge is 0.494 e. The molecule has 0 bridgehead atoms. The molecule has 1 atom stereocenters. The Bertz CT molecular complexity index is 1220. The van der Waals surface area contributed by atoms with Gasteiger partial charge in [0.05, 0.1) is 18.3 Å². The summed E-state index contributed by atoms with van der Waals surface area (Å²) in [5, 5.41) is 2.27. The van der Waals surface area contributed by atoms with Crippen molar-refractivity contribution in [3.63, 3.8) is 0 Å². The van der Waals surface area contributed by atoms with Gasteiger partial charge in [-0.05, 0) is 78.9 Å². The summed E-state index contributed by atoms with van der Waals surface area (Å²) >= 11 is 0. The van der Waals surface area contributed by atoms with Gasteiger partial charge in [0.1, 0.15) is 18.1 Å². The molecule has 0 spiro atoms. The Morgan fingerprint density at radius 2 is 1.04 bits per heavy atom. The van der Waals surface area contributed by atoms with Gasteiger partial charge in [0.25, 0.3) is 0 Å². The molecule has 0 aliphatic carbocycles. The molecule has 0 saturated carbocycles. The zero-order valence-corrected chi connectivity index (χ0v) is 29.3. The maximum absolute atomic E-state index is 12.5. The standard InChI is InChI=1S/C42H62O4/c1-4-6-8-10-11-12-13-14-15-16-17-18-19-21-31-44-40-29-27-39-33-41(30-28-38(39)32-40)45-34-36-23-25-37(26-24-36)42(43)46-35(3)22-20-9-7-5-2/h23-30,32-33,35H,4-22,31,34H2,1-3H3/t35-/m1/s1. The van der Waals surface area contributed by atoms with E-state index >= 15 is 0 Å². The van der Waals surface area contributed by atoms with E-state index in [2.05, 4.69) is 44.2 Å². The lowest BCUT2D eigenvalue weighted by Gasteiger charge is -2.13. The molecule has 3 rings (SSSR count). The van der Waals surface area contributed by atoms with Crippen LogP contribution in [0.4, 0.5) is 0 Å². The highest BCUT2D eigenvalue weighted by molar-refractivity contribution is 5.89. The molecular weight excluding hydrogens is 568 g/mol. The molecule has 0 radical (unpaired) electrons. The smallest absolute Gasteiger partial charge is 0.338 e. The molecule has 0 saturated heterocycles. The van der Waals surface area contributed by atoms with Crippen molar-refractivity contribution in [1.82, 2.24) is 0 Å².